The quantitative estimate of drug-likeness (QED) is 0.768. The smallest absolute Gasteiger partial charge is 0.216 e. The van der Waals surface area contributed by atoms with Gasteiger partial charge in [-0.05, 0) is 13.3 Å². The van der Waals surface area contributed by atoms with Crippen molar-refractivity contribution in [2.45, 2.75) is 27.2 Å². The molecular formula is C12H19NO. The van der Waals surface area contributed by atoms with Crippen LogP contribution in [0.4, 0.5) is 0 Å². The third-order valence-electron chi connectivity index (χ3n) is 1.56. The summed E-state index contributed by atoms with van der Waals surface area (Å²) in [4.78, 5) is 10.1. The minimum atomic E-state index is 0.0573. The molecule has 0 aromatic heterocycles. The molecule has 0 spiro atoms. The van der Waals surface area contributed by atoms with E-state index in [-0.39, 0.29) is 5.91 Å². The van der Waals surface area contributed by atoms with Crippen LogP contribution in [-0.4, -0.2) is 12.5 Å². The van der Waals surface area contributed by atoms with Gasteiger partial charge in [0, 0.05) is 13.5 Å². The molecule has 14 heavy (non-hydrogen) atoms. The molecule has 0 aliphatic heterocycles. The van der Waals surface area contributed by atoms with Crippen LogP contribution in [0.25, 0.3) is 0 Å². The van der Waals surface area contributed by atoms with E-state index in [9.17, 15) is 4.79 Å². The van der Waals surface area contributed by atoms with Crippen molar-refractivity contribution in [1.29, 1.82) is 0 Å². The zero-order chi connectivity index (χ0) is 10.8. The molecule has 0 atom stereocenters. The topological polar surface area (TPSA) is 29.1 Å². The Morgan fingerprint density at radius 1 is 1.29 bits per heavy atom. The van der Waals surface area contributed by atoms with Crippen molar-refractivity contribution in [3.8, 4) is 0 Å². The first kappa shape index (κ1) is 12.7. The molecule has 0 fully saturated rings. The van der Waals surface area contributed by atoms with Gasteiger partial charge in [-0.2, -0.15) is 0 Å². The van der Waals surface area contributed by atoms with Gasteiger partial charge in [-0.15, -0.1) is 0 Å². The van der Waals surface area contributed by atoms with Crippen molar-refractivity contribution in [1.82, 2.24) is 5.32 Å². The molecule has 2 nitrogen and oxygen atoms in total. The molecule has 0 bridgehead atoms. The number of hydrogen-bond donors (Lipinski definition) is 1. The summed E-state index contributed by atoms with van der Waals surface area (Å²) < 4.78 is 0. The Morgan fingerprint density at radius 2 is 1.86 bits per heavy atom. The summed E-state index contributed by atoms with van der Waals surface area (Å²) in [6, 6.07) is 10.3. The van der Waals surface area contributed by atoms with E-state index in [1.807, 2.05) is 25.1 Å². The maximum atomic E-state index is 10.1. The van der Waals surface area contributed by atoms with Crippen molar-refractivity contribution < 1.29 is 4.79 Å². The van der Waals surface area contributed by atoms with Crippen LogP contribution >= 0.6 is 0 Å². The van der Waals surface area contributed by atoms with E-state index in [4.69, 9.17) is 0 Å². The number of carbonyl (C=O) groups is 1. The average Bonchev–Trinajstić information content (AvgIpc) is 2.17. The van der Waals surface area contributed by atoms with Gasteiger partial charge in [0.15, 0.2) is 0 Å². The van der Waals surface area contributed by atoms with Crippen LogP contribution in [0, 0.1) is 6.92 Å². The number of rotatable bonds is 2. The summed E-state index contributed by atoms with van der Waals surface area (Å²) in [5, 5.41) is 2.66. The van der Waals surface area contributed by atoms with Crippen LogP contribution in [0.3, 0.4) is 0 Å². The van der Waals surface area contributed by atoms with Crippen LogP contribution in [0.15, 0.2) is 30.3 Å². The van der Waals surface area contributed by atoms with Gasteiger partial charge in [0.05, 0.1) is 0 Å². The zero-order valence-corrected chi connectivity index (χ0v) is 9.21. The highest BCUT2D eigenvalue weighted by Crippen LogP contribution is 1.92. The minimum Gasteiger partial charge on any atom is -0.356 e. The lowest BCUT2D eigenvalue weighted by Crippen LogP contribution is -2.19. The highest BCUT2D eigenvalue weighted by atomic mass is 16.1. The van der Waals surface area contributed by atoms with Gasteiger partial charge in [0.2, 0.25) is 5.91 Å². The number of carbonyl (C=O) groups excluding carboxylic acids is 1. The SMILES string of the molecule is CCCNC(C)=O.Cc1ccccc1. The Bertz CT molecular complexity index is 244. The molecule has 1 rings (SSSR count). The fourth-order valence-electron chi connectivity index (χ4n) is 0.835. The van der Waals surface area contributed by atoms with Gasteiger partial charge in [-0.25, -0.2) is 0 Å². The van der Waals surface area contributed by atoms with Crippen LogP contribution in [0.1, 0.15) is 25.8 Å². The number of hydrogen-bond acceptors (Lipinski definition) is 1. The van der Waals surface area contributed by atoms with Gasteiger partial charge in [0.25, 0.3) is 0 Å². The number of nitrogens with one attached hydrogen (secondary N) is 1. The lowest BCUT2D eigenvalue weighted by atomic mass is 10.2. The summed E-state index contributed by atoms with van der Waals surface area (Å²) in [5.41, 5.74) is 1.32. The second-order valence-electron chi connectivity index (χ2n) is 3.14. The number of aryl methyl sites for hydroxylation is 1. The molecule has 0 saturated heterocycles. The Morgan fingerprint density at radius 3 is 2.07 bits per heavy atom. The van der Waals surface area contributed by atoms with E-state index in [1.54, 1.807) is 0 Å². The van der Waals surface area contributed by atoms with E-state index < -0.39 is 0 Å². The van der Waals surface area contributed by atoms with Crippen molar-refractivity contribution in [2.24, 2.45) is 0 Å². The second-order valence-corrected chi connectivity index (χ2v) is 3.14. The standard InChI is InChI=1S/C7H8.C5H11NO/c1-7-5-3-2-4-6-7;1-3-4-6-5(2)7/h2-6H,1H3;3-4H2,1-2H3,(H,6,7). The minimum absolute atomic E-state index is 0.0573. The molecular weight excluding hydrogens is 174 g/mol. The van der Waals surface area contributed by atoms with Crippen molar-refractivity contribution >= 4 is 5.91 Å². The molecule has 0 aliphatic carbocycles. The second kappa shape index (κ2) is 8.30. The highest BCUT2D eigenvalue weighted by Gasteiger charge is 1.83. The molecule has 1 aromatic rings. The van der Waals surface area contributed by atoms with Crippen molar-refractivity contribution in [2.75, 3.05) is 6.54 Å². The summed E-state index contributed by atoms with van der Waals surface area (Å²) in [6.45, 7) is 6.43. The maximum absolute atomic E-state index is 10.1. The fraction of sp³-hybridized carbons (Fsp3) is 0.417. The largest absolute Gasteiger partial charge is 0.356 e. The molecule has 2 heteroatoms. The number of amides is 1. The summed E-state index contributed by atoms with van der Waals surface area (Å²) in [5.74, 6) is 0.0573. The normalized spacial score (nSPS) is 8.50. The molecule has 1 amide bonds. The monoisotopic (exact) mass is 193 g/mol. The van der Waals surface area contributed by atoms with E-state index in [2.05, 4.69) is 24.4 Å². The van der Waals surface area contributed by atoms with Crippen LogP contribution in [0.2, 0.25) is 0 Å². The Balaban J connectivity index is 0.000000241. The lowest BCUT2D eigenvalue weighted by Gasteiger charge is -1.93. The summed E-state index contributed by atoms with van der Waals surface area (Å²) in [7, 11) is 0. The Kier molecular flexibility index (Phi) is 7.52. The van der Waals surface area contributed by atoms with Crippen LogP contribution in [-0.2, 0) is 4.79 Å². The van der Waals surface area contributed by atoms with Crippen molar-refractivity contribution in [3.63, 3.8) is 0 Å². The van der Waals surface area contributed by atoms with E-state index in [1.165, 1.54) is 12.5 Å². The van der Waals surface area contributed by atoms with Gasteiger partial charge in [0.1, 0.15) is 0 Å². The number of benzene rings is 1. The fourth-order valence-corrected chi connectivity index (χ4v) is 0.835. The van der Waals surface area contributed by atoms with E-state index in [0.29, 0.717) is 0 Å². The van der Waals surface area contributed by atoms with Gasteiger partial charge >= 0.3 is 0 Å². The van der Waals surface area contributed by atoms with E-state index in [0.717, 1.165) is 13.0 Å². The van der Waals surface area contributed by atoms with Crippen LogP contribution in [0.5, 0.6) is 0 Å². The predicted molar refractivity (Wildman–Crippen MR) is 60.2 cm³/mol. The maximum Gasteiger partial charge on any atom is 0.216 e. The van der Waals surface area contributed by atoms with E-state index >= 15 is 0 Å². The highest BCUT2D eigenvalue weighted by molar-refractivity contribution is 5.72. The lowest BCUT2D eigenvalue weighted by molar-refractivity contribution is -0.118. The Hall–Kier alpha value is -1.31. The molecule has 0 saturated carbocycles. The third kappa shape index (κ3) is 8.78. The van der Waals surface area contributed by atoms with Gasteiger partial charge < -0.3 is 5.32 Å². The van der Waals surface area contributed by atoms with Crippen molar-refractivity contribution in [3.05, 3.63) is 35.9 Å². The van der Waals surface area contributed by atoms with Crippen LogP contribution < -0.4 is 5.32 Å². The first-order valence-corrected chi connectivity index (χ1v) is 4.93. The van der Waals surface area contributed by atoms with Gasteiger partial charge in [-0.1, -0.05) is 42.8 Å². The molecule has 0 heterocycles. The summed E-state index contributed by atoms with van der Waals surface area (Å²) >= 11 is 0. The average molecular weight is 193 g/mol. The summed E-state index contributed by atoms with van der Waals surface area (Å²) in [6.07, 6.45) is 1.01. The first-order valence-electron chi connectivity index (χ1n) is 4.93. The van der Waals surface area contributed by atoms with Gasteiger partial charge in [-0.3, -0.25) is 4.79 Å². The molecule has 0 radical (unpaired) electrons. The molecule has 0 unspecified atom stereocenters. The first-order chi connectivity index (χ1) is 6.66. The molecule has 0 aliphatic rings. The predicted octanol–water partition coefficient (Wildman–Crippen LogP) is 2.53. The molecule has 1 N–H and O–H groups in total. The zero-order valence-electron chi connectivity index (χ0n) is 9.21. The third-order valence-corrected chi connectivity index (χ3v) is 1.56. The molecule has 78 valence electrons. The Labute approximate surface area is 86.3 Å². The molecule has 1 aromatic carbocycles.